The van der Waals surface area contributed by atoms with Crippen LogP contribution in [0.2, 0.25) is 5.21 Å². The predicted octanol–water partition coefficient (Wildman–Crippen LogP) is 2.48. The van der Waals surface area contributed by atoms with Crippen molar-refractivity contribution in [3.63, 3.8) is 0 Å². The van der Waals surface area contributed by atoms with E-state index in [-0.39, 0.29) is 0 Å². The van der Waals surface area contributed by atoms with Crippen LogP contribution in [0.3, 0.4) is 0 Å². The van der Waals surface area contributed by atoms with Crippen molar-refractivity contribution in [1.29, 1.82) is 0 Å². The number of nitrogens with zero attached hydrogens (tertiary/aromatic N) is 2. The first-order valence-electron chi connectivity index (χ1n) is 7.75. The minimum absolute atomic E-state index is 0.394. The normalized spacial score (nSPS) is 11.8. The Labute approximate surface area is 143 Å². The third-order valence-electron chi connectivity index (χ3n) is 3.90. The van der Waals surface area contributed by atoms with Crippen LogP contribution in [0.1, 0.15) is 10.4 Å². The molecular weight excluding hydrogens is 347 g/mol. The van der Waals surface area contributed by atoms with Gasteiger partial charge in [-0.3, -0.25) is 0 Å². The van der Waals surface area contributed by atoms with E-state index in [9.17, 15) is 4.79 Å². The molecular formula is C19H21AsN2O. The predicted molar refractivity (Wildman–Crippen MR) is 98.8 cm³/mol. The van der Waals surface area contributed by atoms with Crippen molar-refractivity contribution in [2.24, 2.45) is 0 Å². The van der Waals surface area contributed by atoms with E-state index in [1.54, 1.807) is 0 Å². The molecule has 4 heteroatoms. The molecule has 0 N–H and O–H groups in total. The fourth-order valence-electron chi connectivity index (χ4n) is 2.80. The molecule has 1 heterocycles. The van der Waals surface area contributed by atoms with E-state index in [4.69, 9.17) is 0 Å². The van der Waals surface area contributed by atoms with Gasteiger partial charge in [0, 0.05) is 0 Å². The van der Waals surface area contributed by atoms with Crippen molar-refractivity contribution in [1.82, 2.24) is 9.47 Å². The number of rotatable bonds is 6. The molecule has 0 aliphatic carbocycles. The Bertz CT molecular complexity index is 809. The van der Waals surface area contributed by atoms with Crippen molar-refractivity contribution in [3.05, 3.63) is 60.2 Å². The summed E-state index contributed by atoms with van der Waals surface area (Å²) in [5.41, 5.74) is 3.15. The number of para-hydroxylation sites is 2. The first-order valence-corrected chi connectivity index (χ1v) is 10.3. The van der Waals surface area contributed by atoms with Gasteiger partial charge in [0.05, 0.1) is 0 Å². The van der Waals surface area contributed by atoms with E-state index in [1.807, 2.05) is 30.3 Å². The summed E-state index contributed by atoms with van der Waals surface area (Å²) >= 11 is -0.394. The van der Waals surface area contributed by atoms with Gasteiger partial charge in [0.2, 0.25) is 0 Å². The Kier molecular flexibility index (Phi) is 4.99. The molecule has 23 heavy (non-hydrogen) atoms. The molecule has 0 aliphatic rings. The maximum atomic E-state index is 11.8. The second kappa shape index (κ2) is 7.16. The van der Waals surface area contributed by atoms with E-state index < -0.39 is 15.8 Å². The molecule has 0 saturated carbocycles. The maximum absolute atomic E-state index is 11.8. The fourth-order valence-corrected chi connectivity index (χ4v) is 6.13. The Morgan fingerprint density at radius 1 is 1.04 bits per heavy atom. The van der Waals surface area contributed by atoms with E-state index in [0.29, 0.717) is 0 Å². The van der Waals surface area contributed by atoms with Gasteiger partial charge < -0.3 is 0 Å². The first-order chi connectivity index (χ1) is 11.2. The summed E-state index contributed by atoms with van der Waals surface area (Å²) in [4.78, 5) is 14.0. The number of hydrogen-bond donors (Lipinski definition) is 0. The van der Waals surface area contributed by atoms with Gasteiger partial charge in [-0.1, -0.05) is 0 Å². The van der Waals surface area contributed by atoms with Gasteiger partial charge >= 0.3 is 143 Å². The monoisotopic (exact) mass is 368 g/mol. The summed E-state index contributed by atoms with van der Waals surface area (Å²) in [7, 11) is 4.19. The third kappa shape index (κ3) is 3.26. The van der Waals surface area contributed by atoms with Gasteiger partial charge in [-0.2, -0.15) is 0 Å². The molecule has 1 unspecified atom stereocenters. The number of aromatic nitrogens is 1. The summed E-state index contributed by atoms with van der Waals surface area (Å²) in [5.74, 6) is 0. The summed E-state index contributed by atoms with van der Waals surface area (Å²) in [6.07, 6.45) is 1.04. The van der Waals surface area contributed by atoms with Crippen molar-refractivity contribution in [2.45, 2.75) is 5.21 Å². The van der Waals surface area contributed by atoms with E-state index in [2.05, 4.69) is 47.8 Å². The van der Waals surface area contributed by atoms with Crippen molar-refractivity contribution < 1.29 is 4.79 Å². The standard InChI is InChI=1S/C19H21AsN2O/c1-21(2)13-12-20-19-17(14-23)16-10-6-7-11-18(16)22(19)15-8-4-3-5-9-15/h3-11,14,20H,12-13H2,1-2H3. The van der Waals surface area contributed by atoms with Crippen LogP contribution >= 0.6 is 0 Å². The van der Waals surface area contributed by atoms with Crippen LogP contribution in [0.5, 0.6) is 0 Å². The second-order valence-corrected chi connectivity index (χ2v) is 8.58. The van der Waals surface area contributed by atoms with Gasteiger partial charge in [0.25, 0.3) is 0 Å². The number of hydrogen-bond acceptors (Lipinski definition) is 2. The molecule has 0 saturated heterocycles. The van der Waals surface area contributed by atoms with Crippen molar-refractivity contribution in [3.8, 4) is 5.69 Å². The molecule has 1 atom stereocenters. The zero-order chi connectivity index (χ0) is 16.2. The zero-order valence-corrected chi connectivity index (χ0v) is 15.6. The van der Waals surface area contributed by atoms with Crippen LogP contribution in [0.15, 0.2) is 54.6 Å². The van der Waals surface area contributed by atoms with E-state index >= 15 is 0 Å². The molecule has 3 rings (SSSR count). The molecule has 2 aromatic carbocycles. The Hall–Kier alpha value is -1.83. The number of carbonyl (C=O) groups excluding carboxylic acids is 1. The molecule has 0 spiro atoms. The fraction of sp³-hybridized carbons (Fsp3) is 0.211. The number of fused-ring (bicyclic) bond motifs is 1. The van der Waals surface area contributed by atoms with Gasteiger partial charge in [0.1, 0.15) is 0 Å². The molecule has 118 valence electrons. The summed E-state index contributed by atoms with van der Waals surface area (Å²) < 4.78 is 3.52. The van der Waals surface area contributed by atoms with Crippen LogP contribution in [0.25, 0.3) is 16.6 Å². The molecule has 0 amide bonds. The topological polar surface area (TPSA) is 25.2 Å². The molecule has 0 aliphatic heterocycles. The Morgan fingerprint density at radius 3 is 2.43 bits per heavy atom. The minimum atomic E-state index is -0.394. The van der Waals surface area contributed by atoms with Crippen LogP contribution in [0, 0.1) is 0 Å². The molecule has 1 aromatic heterocycles. The summed E-state index contributed by atoms with van der Waals surface area (Å²) in [6.45, 7) is 1.06. The molecule has 3 aromatic rings. The SMILES string of the molecule is CN(C)CC[AsH]c1c(C=O)c2ccccc2n1-c1ccccc1. The van der Waals surface area contributed by atoms with Crippen molar-refractivity contribution >= 4 is 37.4 Å². The number of benzene rings is 2. The molecule has 0 radical (unpaired) electrons. The van der Waals surface area contributed by atoms with Gasteiger partial charge in [-0.25, -0.2) is 0 Å². The zero-order valence-electron chi connectivity index (χ0n) is 13.5. The van der Waals surface area contributed by atoms with Crippen LogP contribution < -0.4 is 4.48 Å². The molecule has 3 nitrogen and oxygen atoms in total. The van der Waals surface area contributed by atoms with Gasteiger partial charge in [-0.05, 0) is 0 Å². The molecule has 0 bridgehead atoms. The summed E-state index contributed by atoms with van der Waals surface area (Å²) in [6, 6.07) is 18.6. The quantitative estimate of drug-likeness (QED) is 0.493. The average molecular weight is 368 g/mol. The van der Waals surface area contributed by atoms with E-state index in [0.717, 1.165) is 40.2 Å². The Balaban J connectivity index is 2.16. The van der Waals surface area contributed by atoms with Gasteiger partial charge in [-0.15, -0.1) is 0 Å². The molecule has 0 fully saturated rings. The van der Waals surface area contributed by atoms with Crippen LogP contribution in [0.4, 0.5) is 0 Å². The second-order valence-electron chi connectivity index (χ2n) is 5.80. The van der Waals surface area contributed by atoms with E-state index in [1.165, 1.54) is 4.48 Å². The third-order valence-corrected chi connectivity index (χ3v) is 6.63. The summed E-state index contributed by atoms with van der Waals surface area (Å²) in [5, 5.41) is 2.21. The van der Waals surface area contributed by atoms with Crippen LogP contribution in [-0.4, -0.2) is 52.1 Å². The Morgan fingerprint density at radius 2 is 1.74 bits per heavy atom. The number of aldehydes is 1. The van der Waals surface area contributed by atoms with Crippen LogP contribution in [-0.2, 0) is 0 Å². The number of carbonyl (C=O) groups is 1. The van der Waals surface area contributed by atoms with Crippen molar-refractivity contribution in [2.75, 3.05) is 20.6 Å². The average Bonchev–Trinajstić information content (AvgIpc) is 2.88. The first kappa shape index (κ1) is 16.0. The van der Waals surface area contributed by atoms with Gasteiger partial charge in [0.15, 0.2) is 0 Å².